The van der Waals surface area contributed by atoms with Gasteiger partial charge in [0.15, 0.2) is 0 Å². The lowest BCUT2D eigenvalue weighted by Gasteiger charge is -2.35. The largest absolute Gasteiger partial charge is 0.354 e. The molecule has 0 spiro atoms. The standard InChI is InChI=1S/C40H27N/c1-3-13-28-25(10-1)12-9-19-30(28)39-33-17-7-5-15-31(33)38(32-16-6-8-18-34(32)39)27-21-22-36-35(24-27)40-29-14-4-2-11-26(29)20-23-37(40)41-36/h1-24,38-39,41H. The van der Waals surface area contributed by atoms with Crippen LogP contribution in [0.25, 0.3) is 43.4 Å². The highest BCUT2D eigenvalue weighted by Crippen LogP contribution is 2.50. The van der Waals surface area contributed by atoms with E-state index in [4.69, 9.17) is 0 Å². The number of rotatable bonds is 2. The van der Waals surface area contributed by atoms with Crippen LogP contribution in [0.1, 0.15) is 45.2 Å². The van der Waals surface area contributed by atoms with Gasteiger partial charge < -0.3 is 4.98 Å². The van der Waals surface area contributed by atoms with Crippen molar-refractivity contribution in [3.05, 3.63) is 179 Å². The molecule has 0 bridgehead atoms. The zero-order chi connectivity index (χ0) is 26.9. The molecule has 1 N–H and O–H groups in total. The third-order valence-electron chi connectivity index (χ3n) is 9.22. The first kappa shape index (κ1) is 22.7. The molecule has 1 aromatic heterocycles. The van der Waals surface area contributed by atoms with E-state index in [1.54, 1.807) is 0 Å². The van der Waals surface area contributed by atoms with Gasteiger partial charge in [0.1, 0.15) is 0 Å². The molecule has 0 fully saturated rings. The minimum Gasteiger partial charge on any atom is -0.354 e. The molecule has 41 heavy (non-hydrogen) atoms. The topological polar surface area (TPSA) is 15.8 Å². The summed E-state index contributed by atoms with van der Waals surface area (Å²) in [7, 11) is 0. The zero-order valence-corrected chi connectivity index (χ0v) is 22.5. The number of hydrogen-bond acceptors (Lipinski definition) is 0. The Labute approximate surface area is 238 Å². The van der Waals surface area contributed by atoms with Gasteiger partial charge in [0.05, 0.1) is 0 Å². The molecule has 0 atom stereocenters. The van der Waals surface area contributed by atoms with Crippen molar-refractivity contribution < 1.29 is 0 Å². The summed E-state index contributed by atoms with van der Waals surface area (Å²) in [5.74, 6) is 0.350. The van der Waals surface area contributed by atoms with Gasteiger partial charge in [0, 0.05) is 33.6 Å². The first-order valence-corrected chi connectivity index (χ1v) is 14.4. The van der Waals surface area contributed by atoms with Gasteiger partial charge in [0.25, 0.3) is 0 Å². The van der Waals surface area contributed by atoms with E-state index in [0.717, 1.165) is 0 Å². The van der Waals surface area contributed by atoms with Gasteiger partial charge in [-0.05, 0) is 73.1 Å². The molecule has 1 nitrogen and oxygen atoms in total. The molecule has 192 valence electrons. The number of nitrogens with one attached hydrogen (secondary N) is 1. The lowest BCUT2D eigenvalue weighted by molar-refractivity contribution is 0.826. The first-order chi connectivity index (χ1) is 20.3. The van der Waals surface area contributed by atoms with E-state index in [0.29, 0.717) is 0 Å². The normalized spacial score (nSPS) is 16.3. The van der Waals surface area contributed by atoms with E-state index < -0.39 is 0 Å². The second-order valence-electron chi connectivity index (χ2n) is 11.3. The van der Waals surface area contributed by atoms with Crippen molar-refractivity contribution in [1.29, 1.82) is 0 Å². The monoisotopic (exact) mass is 521 g/mol. The van der Waals surface area contributed by atoms with Gasteiger partial charge in [-0.3, -0.25) is 0 Å². The molecule has 7 aromatic carbocycles. The van der Waals surface area contributed by atoms with Crippen LogP contribution in [0.3, 0.4) is 0 Å². The van der Waals surface area contributed by atoms with E-state index in [9.17, 15) is 0 Å². The molecule has 1 heterocycles. The predicted octanol–water partition coefficient (Wildman–Crippen LogP) is 10.3. The number of H-pyrrole nitrogens is 1. The van der Waals surface area contributed by atoms with Gasteiger partial charge in [-0.1, -0.05) is 127 Å². The molecule has 1 heteroatoms. The van der Waals surface area contributed by atoms with Gasteiger partial charge in [-0.2, -0.15) is 0 Å². The average molecular weight is 522 g/mol. The average Bonchev–Trinajstić information content (AvgIpc) is 3.42. The van der Waals surface area contributed by atoms with Crippen LogP contribution in [-0.4, -0.2) is 4.98 Å². The SMILES string of the molecule is c1ccc2c(c1)C(c1ccc3[nH]c4ccc5ccccc5c4c3c1)c1ccccc1C2c1cccc2ccccc12. The third-order valence-corrected chi connectivity index (χ3v) is 9.22. The maximum absolute atomic E-state index is 3.68. The number of hydrogen-bond donors (Lipinski definition) is 1. The quantitative estimate of drug-likeness (QED) is 0.233. The Kier molecular flexibility index (Phi) is 4.80. The molecule has 0 aliphatic heterocycles. The molecule has 0 radical (unpaired) electrons. The second-order valence-corrected chi connectivity index (χ2v) is 11.3. The maximum Gasteiger partial charge on any atom is 0.0471 e. The molecule has 1 aliphatic rings. The van der Waals surface area contributed by atoms with E-state index >= 15 is 0 Å². The first-order valence-electron chi connectivity index (χ1n) is 14.4. The van der Waals surface area contributed by atoms with Crippen LogP contribution in [0, 0.1) is 0 Å². The Morgan fingerprint density at radius 2 is 0.902 bits per heavy atom. The van der Waals surface area contributed by atoms with Gasteiger partial charge in [-0.25, -0.2) is 0 Å². The Bertz CT molecular complexity index is 2230. The van der Waals surface area contributed by atoms with Crippen molar-refractivity contribution in [3.8, 4) is 0 Å². The second kappa shape index (κ2) is 8.68. The van der Waals surface area contributed by atoms with E-state index in [1.807, 2.05) is 0 Å². The van der Waals surface area contributed by atoms with Crippen LogP contribution < -0.4 is 0 Å². The summed E-state index contributed by atoms with van der Waals surface area (Å²) in [5, 5.41) is 7.80. The Balaban J connectivity index is 1.31. The van der Waals surface area contributed by atoms with Crippen LogP contribution in [0.15, 0.2) is 146 Å². The van der Waals surface area contributed by atoms with E-state index in [1.165, 1.54) is 76.7 Å². The van der Waals surface area contributed by atoms with Crippen LogP contribution in [0.2, 0.25) is 0 Å². The van der Waals surface area contributed by atoms with Gasteiger partial charge in [-0.15, -0.1) is 0 Å². The molecular weight excluding hydrogens is 494 g/mol. The Morgan fingerprint density at radius 1 is 0.366 bits per heavy atom. The fourth-order valence-corrected chi connectivity index (χ4v) is 7.47. The van der Waals surface area contributed by atoms with Crippen LogP contribution >= 0.6 is 0 Å². The predicted molar refractivity (Wildman–Crippen MR) is 172 cm³/mol. The zero-order valence-electron chi connectivity index (χ0n) is 22.5. The highest BCUT2D eigenvalue weighted by Gasteiger charge is 2.34. The molecule has 0 amide bonds. The van der Waals surface area contributed by atoms with Crippen molar-refractivity contribution >= 4 is 43.4 Å². The summed E-state index contributed by atoms with van der Waals surface area (Å²) >= 11 is 0. The molecule has 9 rings (SSSR count). The Morgan fingerprint density at radius 3 is 1.63 bits per heavy atom. The van der Waals surface area contributed by atoms with Crippen LogP contribution in [0.4, 0.5) is 0 Å². The van der Waals surface area contributed by atoms with Crippen molar-refractivity contribution in [2.75, 3.05) is 0 Å². The lowest BCUT2D eigenvalue weighted by atomic mass is 9.68. The highest BCUT2D eigenvalue weighted by atomic mass is 14.7. The fourth-order valence-electron chi connectivity index (χ4n) is 7.47. The lowest BCUT2D eigenvalue weighted by Crippen LogP contribution is -2.20. The van der Waals surface area contributed by atoms with Crippen molar-refractivity contribution in [1.82, 2.24) is 4.98 Å². The molecule has 0 saturated heterocycles. The van der Waals surface area contributed by atoms with E-state index in [-0.39, 0.29) is 11.8 Å². The summed E-state index contributed by atoms with van der Waals surface area (Å²) in [5.41, 5.74) is 10.7. The summed E-state index contributed by atoms with van der Waals surface area (Å²) in [4.78, 5) is 3.68. The molecule has 1 aliphatic carbocycles. The number of aromatic nitrogens is 1. The van der Waals surface area contributed by atoms with Crippen molar-refractivity contribution in [2.24, 2.45) is 0 Å². The summed E-state index contributed by atoms with van der Waals surface area (Å²) < 4.78 is 0. The smallest absolute Gasteiger partial charge is 0.0471 e. The number of fused-ring (bicyclic) bond motifs is 8. The third kappa shape index (κ3) is 3.30. The van der Waals surface area contributed by atoms with E-state index in [2.05, 4.69) is 151 Å². The fraction of sp³-hybridized carbons (Fsp3) is 0.0500. The molecule has 0 saturated carbocycles. The molecule has 0 unspecified atom stereocenters. The van der Waals surface area contributed by atoms with Crippen LogP contribution in [-0.2, 0) is 0 Å². The van der Waals surface area contributed by atoms with Crippen LogP contribution in [0.5, 0.6) is 0 Å². The Hall–Kier alpha value is -5.14. The number of benzene rings is 7. The minimum atomic E-state index is 0.165. The van der Waals surface area contributed by atoms with Crippen molar-refractivity contribution in [2.45, 2.75) is 11.8 Å². The van der Waals surface area contributed by atoms with Gasteiger partial charge >= 0.3 is 0 Å². The number of aromatic amines is 1. The van der Waals surface area contributed by atoms with Gasteiger partial charge in [0.2, 0.25) is 0 Å². The summed E-state index contributed by atoms with van der Waals surface area (Å²) in [6.07, 6.45) is 0. The highest BCUT2D eigenvalue weighted by molar-refractivity contribution is 6.20. The van der Waals surface area contributed by atoms with Crippen molar-refractivity contribution in [3.63, 3.8) is 0 Å². The summed E-state index contributed by atoms with van der Waals surface area (Å²) in [6.45, 7) is 0. The minimum absolute atomic E-state index is 0.165. The molecular formula is C40H27N. The molecule has 8 aromatic rings. The maximum atomic E-state index is 3.68. The summed E-state index contributed by atoms with van der Waals surface area (Å²) in [6, 6.07) is 54.0.